The third-order valence-electron chi connectivity index (χ3n) is 10.4. The Bertz CT molecular complexity index is 2880. The molecule has 16 heteroatoms. The molecule has 2 aliphatic rings. The van der Waals surface area contributed by atoms with Gasteiger partial charge in [0.1, 0.15) is 6.04 Å². The number of aromatic nitrogens is 4. The van der Waals surface area contributed by atoms with Gasteiger partial charge >= 0.3 is 5.97 Å². The predicted molar refractivity (Wildman–Crippen MR) is 224 cm³/mol. The lowest BCUT2D eigenvalue weighted by Crippen LogP contribution is -2.42. The third kappa shape index (κ3) is 7.44. The van der Waals surface area contributed by atoms with Crippen LogP contribution in [0.15, 0.2) is 108 Å². The first kappa shape index (κ1) is 38.8. The van der Waals surface area contributed by atoms with E-state index in [-0.39, 0.29) is 66.5 Å². The van der Waals surface area contributed by atoms with Crippen LogP contribution < -0.4 is 27.2 Å². The van der Waals surface area contributed by atoms with Crippen molar-refractivity contribution in [2.45, 2.75) is 25.4 Å². The average molecular weight is 804 g/mol. The van der Waals surface area contributed by atoms with E-state index in [0.717, 1.165) is 33.0 Å². The molecule has 7 N–H and O–H groups in total. The summed E-state index contributed by atoms with van der Waals surface area (Å²) in [5, 5.41) is 20.1. The standard InChI is InChI=1S/C44H37N9O7/c1-53(42(58)36-35-29-12-6-10-23-9-5-11-28(32(23)29)34(35)33(38(36)55)24-7-3-2-4-8-24)20-19-46-31(54)18-17-30(43(59)60)50-40(56)25-13-15-26(16-14-25)47-21-27-22-48-39-37(49-27)41(57)52-44(45)51-39/h2-16,22,30,47H,17-21H2,1H3,(H,46,54)(H,50,56)(H,59,60)(H3,45,48,51,52,57)/t30-/m0/s1. The number of carboxylic acids is 1. The summed E-state index contributed by atoms with van der Waals surface area (Å²) in [7, 11) is 1.56. The van der Waals surface area contributed by atoms with Crippen LogP contribution in [0.1, 0.15) is 45.6 Å². The number of rotatable bonds is 14. The van der Waals surface area contributed by atoms with Crippen LogP contribution in [-0.2, 0) is 25.7 Å². The highest BCUT2D eigenvalue weighted by molar-refractivity contribution is 6.56. The van der Waals surface area contributed by atoms with Gasteiger partial charge in [-0.1, -0.05) is 66.7 Å². The number of fused-ring (bicyclic) bond motifs is 4. The van der Waals surface area contributed by atoms with Gasteiger partial charge in [0.25, 0.3) is 17.4 Å². The Kier molecular flexibility index (Phi) is 10.4. The summed E-state index contributed by atoms with van der Waals surface area (Å²) in [4.78, 5) is 94.3. The number of carboxylic acid groups (broad SMARTS) is 1. The number of amides is 3. The van der Waals surface area contributed by atoms with Crippen molar-refractivity contribution in [2.24, 2.45) is 0 Å². The zero-order valence-corrected chi connectivity index (χ0v) is 32.1. The molecule has 0 spiro atoms. The summed E-state index contributed by atoms with van der Waals surface area (Å²) in [5.41, 5.74) is 10.8. The Labute approximate surface area is 341 Å². The van der Waals surface area contributed by atoms with Gasteiger partial charge in [-0.15, -0.1) is 0 Å². The first-order chi connectivity index (χ1) is 29.0. The van der Waals surface area contributed by atoms with Crippen LogP contribution in [0.4, 0.5) is 11.6 Å². The molecule has 300 valence electrons. The highest BCUT2D eigenvalue weighted by Gasteiger charge is 2.43. The number of aromatic amines is 1. The normalized spacial score (nSPS) is 13.4. The van der Waals surface area contributed by atoms with Crippen LogP contribution in [0.3, 0.4) is 0 Å². The quantitative estimate of drug-likeness (QED) is 0.0867. The predicted octanol–water partition coefficient (Wildman–Crippen LogP) is 3.56. The van der Waals surface area contributed by atoms with Crippen molar-refractivity contribution in [1.82, 2.24) is 35.5 Å². The summed E-state index contributed by atoms with van der Waals surface area (Å²) in [6.07, 6.45) is 1.05. The Hall–Kier alpha value is -8.01. The van der Waals surface area contributed by atoms with Gasteiger partial charge in [-0.05, 0) is 58.1 Å². The molecule has 2 aromatic heterocycles. The molecule has 0 unspecified atom stereocenters. The highest BCUT2D eigenvalue weighted by Crippen LogP contribution is 2.54. The number of nitrogens with one attached hydrogen (secondary N) is 4. The molecule has 0 saturated heterocycles. The van der Waals surface area contributed by atoms with Gasteiger partial charge < -0.3 is 31.7 Å². The van der Waals surface area contributed by atoms with Crippen LogP contribution in [0.25, 0.3) is 38.7 Å². The van der Waals surface area contributed by atoms with E-state index in [1.54, 1.807) is 19.2 Å². The molecule has 1 atom stereocenters. The fraction of sp³-hybridized carbons (Fsp3) is 0.159. The molecule has 0 saturated carbocycles. The molecule has 60 heavy (non-hydrogen) atoms. The Balaban J connectivity index is 0.845. The van der Waals surface area contributed by atoms with Gasteiger partial charge in [-0.2, -0.15) is 4.98 Å². The van der Waals surface area contributed by atoms with E-state index in [4.69, 9.17) is 5.73 Å². The minimum atomic E-state index is -1.35. The number of hydrogen-bond donors (Lipinski definition) is 6. The van der Waals surface area contributed by atoms with Crippen molar-refractivity contribution in [3.05, 3.63) is 141 Å². The Morgan fingerprint density at radius 2 is 1.58 bits per heavy atom. The SMILES string of the molecule is CN(CCNC(=O)CC[C@H](NC(=O)c1ccc(NCc2cnc3nc(N)[nH]c(=O)c3n2)cc1)C(=O)O)C(=O)C1=C2C(=C(c3ccccc3)C1=O)c1cccc3cccc2c13. The van der Waals surface area contributed by atoms with Crippen LogP contribution in [0.2, 0.25) is 0 Å². The second-order valence-electron chi connectivity index (χ2n) is 14.3. The monoisotopic (exact) mass is 803 g/mol. The fourth-order valence-electron chi connectivity index (χ4n) is 7.49. The third-order valence-corrected chi connectivity index (χ3v) is 10.4. The number of carbonyl (C=O) groups excluding carboxylic acids is 4. The van der Waals surface area contributed by atoms with E-state index in [0.29, 0.717) is 22.5 Å². The molecule has 0 fully saturated rings. The second-order valence-corrected chi connectivity index (χ2v) is 14.3. The van der Waals surface area contributed by atoms with E-state index < -0.39 is 35.3 Å². The number of likely N-dealkylation sites (N-methyl/N-ethyl adjacent to an activating group) is 1. The van der Waals surface area contributed by atoms with Crippen molar-refractivity contribution in [3.8, 4) is 0 Å². The number of nitrogens with zero attached hydrogens (tertiary/aromatic N) is 4. The fourth-order valence-corrected chi connectivity index (χ4v) is 7.49. The van der Waals surface area contributed by atoms with Crippen LogP contribution in [0.5, 0.6) is 0 Å². The first-order valence-corrected chi connectivity index (χ1v) is 19.0. The van der Waals surface area contributed by atoms with Crippen LogP contribution in [0, 0.1) is 0 Å². The lowest BCUT2D eigenvalue weighted by Gasteiger charge is -2.19. The molecule has 2 aliphatic carbocycles. The van der Waals surface area contributed by atoms with Crippen molar-refractivity contribution in [3.63, 3.8) is 0 Å². The van der Waals surface area contributed by atoms with E-state index >= 15 is 0 Å². The molecule has 0 bridgehead atoms. The van der Waals surface area contributed by atoms with Gasteiger partial charge in [0, 0.05) is 54.5 Å². The van der Waals surface area contributed by atoms with Crippen LogP contribution in [-0.4, -0.2) is 85.6 Å². The van der Waals surface area contributed by atoms with E-state index in [9.17, 15) is 33.9 Å². The van der Waals surface area contributed by atoms with Crippen molar-refractivity contribution in [1.29, 1.82) is 0 Å². The zero-order valence-electron chi connectivity index (χ0n) is 32.1. The number of hydrogen-bond acceptors (Lipinski definition) is 11. The largest absolute Gasteiger partial charge is 0.480 e. The van der Waals surface area contributed by atoms with Crippen molar-refractivity contribution in [2.75, 3.05) is 31.2 Å². The van der Waals surface area contributed by atoms with Crippen molar-refractivity contribution < 1.29 is 29.1 Å². The molecule has 0 radical (unpaired) electrons. The maximum atomic E-state index is 14.2. The van der Waals surface area contributed by atoms with E-state index in [1.807, 2.05) is 66.7 Å². The maximum Gasteiger partial charge on any atom is 0.326 e. The molecule has 16 nitrogen and oxygen atoms in total. The lowest BCUT2D eigenvalue weighted by atomic mass is 9.95. The number of carbonyl (C=O) groups is 5. The van der Waals surface area contributed by atoms with Crippen molar-refractivity contribution >= 4 is 79.8 Å². The average Bonchev–Trinajstić information content (AvgIpc) is 3.73. The first-order valence-electron chi connectivity index (χ1n) is 19.0. The minimum absolute atomic E-state index is 0.0420. The Morgan fingerprint density at radius 3 is 2.30 bits per heavy atom. The molecule has 0 aliphatic heterocycles. The number of benzene rings is 4. The number of nitrogen functional groups attached to an aromatic ring is 1. The topological polar surface area (TPSA) is 242 Å². The second kappa shape index (κ2) is 16.1. The number of nitrogens with two attached hydrogens (primary N) is 1. The van der Waals surface area contributed by atoms with Gasteiger partial charge in [-0.3, -0.25) is 29.0 Å². The van der Waals surface area contributed by atoms with Gasteiger partial charge in [-0.25, -0.2) is 14.8 Å². The number of ketones is 1. The molecule has 3 amide bonds. The highest BCUT2D eigenvalue weighted by atomic mass is 16.4. The molecule has 2 heterocycles. The molecule has 4 aromatic carbocycles. The summed E-state index contributed by atoms with van der Waals surface area (Å²) >= 11 is 0. The van der Waals surface area contributed by atoms with Gasteiger partial charge in [0.2, 0.25) is 11.9 Å². The minimum Gasteiger partial charge on any atom is -0.480 e. The molecular weight excluding hydrogens is 767 g/mol. The zero-order chi connectivity index (χ0) is 42.1. The summed E-state index contributed by atoms with van der Waals surface area (Å²) in [6.45, 7) is 0.323. The Morgan fingerprint density at radius 1 is 0.867 bits per heavy atom. The number of Topliss-reactive ketones (excluding diaryl/α,β-unsaturated/α-hetero) is 1. The number of H-pyrrole nitrogens is 1. The summed E-state index contributed by atoms with van der Waals surface area (Å²) in [5.74, 6) is -3.32. The number of allylic oxidation sites excluding steroid dienone is 3. The van der Waals surface area contributed by atoms with Crippen LogP contribution >= 0.6 is 0 Å². The van der Waals surface area contributed by atoms with Gasteiger partial charge in [0.15, 0.2) is 16.9 Å². The molecular formula is C44H37N9O7. The smallest absolute Gasteiger partial charge is 0.326 e. The lowest BCUT2D eigenvalue weighted by molar-refractivity contribution is -0.139. The van der Waals surface area contributed by atoms with Gasteiger partial charge in [0.05, 0.1) is 24.0 Å². The number of aliphatic carboxylic acids is 1. The summed E-state index contributed by atoms with van der Waals surface area (Å²) < 4.78 is 0. The summed E-state index contributed by atoms with van der Waals surface area (Å²) in [6, 6.07) is 26.0. The maximum absolute atomic E-state index is 14.2. The van der Waals surface area contributed by atoms with E-state index in [1.165, 1.54) is 23.2 Å². The molecule has 6 aromatic rings. The molecule has 8 rings (SSSR count). The van der Waals surface area contributed by atoms with E-state index in [2.05, 4.69) is 35.9 Å². The number of anilines is 2.